The van der Waals surface area contributed by atoms with Crippen molar-refractivity contribution in [3.8, 4) is 0 Å². The van der Waals surface area contributed by atoms with Gasteiger partial charge in [-0.15, -0.1) is 0 Å². The highest BCUT2D eigenvalue weighted by atomic mass is 16.2. The van der Waals surface area contributed by atoms with Crippen molar-refractivity contribution < 1.29 is 4.79 Å². The summed E-state index contributed by atoms with van der Waals surface area (Å²) in [5.74, 6) is 0.353. The van der Waals surface area contributed by atoms with Gasteiger partial charge in [0, 0.05) is 12.6 Å². The van der Waals surface area contributed by atoms with Gasteiger partial charge in [0.05, 0.1) is 0 Å². The van der Waals surface area contributed by atoms with Crippen LogP contribution in [0.4, 0.5) is 4.79 Å². The van der Waals surface area contributed by atoms with Crippen LogP contribution in [-0.2, 0) is 0 Å². The summed E-state index contributed by atoms with van der Waals surface area (Å²) in [6.07, 6.45) is 2.25. The summed E-state index contributed by atoms with van der Waals surface area (Å²) < 4.78 is 0. The third-order valence-corrected chi connectivity index (χ3v) is 2.85. The van der Waals surface area contributed by atoms with E-state index in [4.69, 9.17) is 0 Å². The second-order valence-corrected chi connectivity index (χ2v) is 4.44. The van der Waals surface area contributed by atoms with Crippen LogP contribution in [0.1, 0.15) is 31.2 Å². The number of hydrogen-bond donors (Lipinski definition) is 2. The predicted molar refractivity (Wildman–Crippen MR) is 64.4 cm³/mol. The topological polar surface area (TPSA) is 41.1 Å². The van der Waals surface area contributed by atoms with E-state index in [2.05, 4.69) is 29.7 Å². The van der Waals surface area contributed by atoms with Gasteiger partial charge in [0.1, 0.15) is 0 Å². The standard InChI is InChI=1S/C13H18N2O/c1-10(11-5-3-2-4-6-11)9-14-13(16)15-12-7-8-12/h2-6,10,12H,7-9H2,1H3,(H2,14,15,16). The third-order valence-electron chi connectivity index (χ3n) is 2.85. The zero-order chi connectivity index (χ0) is 11.4. The summed E-state index contributed by atoms with van der Waals surface area (Å²) in [4.78, 5) is 11.4. The van der Waals surface area contributed by atoms with Gasteiger partial charge in [-0.3, -0.25) is 0 Å². The monoisotopic (exact) mass is 218 g/mol. The molecule has 3 nitrogen and oxygen atoms in total. The lowest BCUT2D eigenvalue weighted by atomic mass is 10.0. The van der Waals surface area contributed by atoms with Crippen LogP contribution >= 0.6 is 0 Å². The van der Waals surface area contributed by atoms with Gasteiger partial charge in [0.25, 0.3) is 0 Å². The third kappa shape index (κ3) is 3.26. The molecule has 1 aliphatic carbocycles. The predicted octanol–water partition coefficient (Wildman–Crippen LogP) is 2.25. The molecule has 2 amide bonds. The molecule has 1 unspecified atom stereocenters. The van der Waals surface area contributed by atoms with Crippen LogP contribution in [0.2, 0.25) is 0 Å². The van der Waals surface area contributed by atoms with Crippen LogP contribution in [0.3, 0.4) is 0 Å². The molecule has 0 heterocycles. The number of urea groups is 1. The summed E-state index contributed by atoms with van der Waals surface area (Å²) in [5.41, 5.74) is 1.26. The van der Waals surface area contributed by atoms with Crippen LogP contribution in [0.15, 0.2) is 30.3 Å². The SMILES string of the molecule is CC(CNC(=O)NC1CC1)c1ccccc1. The lowest BCUT2D eigenvalue weighted by Crippen LogP contribution is -2.38. The minimum absolute atomic E-state index is 0.0368. The molecule has 3 heteroatoms. The van der Waals surface area contributed by atoms with Crippen molar-refractivity contribution in [2.75, 3.05) is 6.54 Å². The number of rotatable bonds is 4. The van der Waals surface area contributed by atoms with Gasteiger partial charge >= 0.3 is 6.03 Å². The van der Waals surface area contributed by atoms with E-state index in [-0.39, 0.29) is 6.03 Å². The minimum Gasteiger partial charge on any atom is -0.338 e. The molecular weight excluding hydrogens is 200 g/mol. The molecule has 2 rings (SSSR count). The molecule has 86 valence electrons. The van der Waals surface area contributed by atoms with Crippen LogP contribution in [-0.4, -0.2) is 18.6 Å². The molecule has 1 fully saturated rings. The summed E-state index contributed by atoms with van der Waals surface area (Å²) in [6.45, 7) is 2.80. The van der Waals surface area contributed by atoms with Gasteiger partial charge in [-0.05, 0) is 24.3 Å². The van der Waals surface area contributed by atoms with Crippen molar-refractivity contribution in [1.29, 1.82) is 0 Å². The Morgan fingerprint density at radius 3 is 2.69 bits per heavy atom. The van der Waals surface area contributed by atoms with Crippen molar-refractivity contribution in [3.63, 3.8) is 0 Å². The largest absolute Gasteiger partial charge is 0.338 e. The maximum absolute atomic E-state index is 11.4. The van der Waals surface area contributed by atoms with E-state index in [0.717, 1.165) is 12.8 Å². The van der Waals surface area contributed by atoms with Crippen molar-refractivity contribution in [1.82, 2.24) is 10.6 Å². The molecule has 0 bridgehead atoms. The molecule has 1 aromatic rings. The fourth-order valence-electron chi connectivity index (χ4n) is 1.61. The zero-order valence-corrected chi connectivity index (χ0v) is 9.57. The zero-order valence-electron chi connectivity index (χ0n) is 9.57. The highest BCUT2D eigenvalue weighted by molar-refractivity contribution is 5.74. The molecule has 1 aliphatic rings. The summed E-state index contributed by atoms with van der Waals surface area (Å²) in [5, 5.41) is 5.81. The normalized spacial score (nSPS) is 16.6. The first-order valence-electron chi connectivity index (χ1n) is 5.85. The molecule has 1 atom stereocenters. The number of amides is 2. The lowest BCUT2D eigenvalue weighted by molar-refractivity contribution is 0.240. The molecule has 16 heavy (non-hydrogen) atoms. The maximum Gasteiger partial charge on any atom is 0.315 e. The second-order valence-electron chi connectivity index (χ2n) is 4.44. The molecule has 1 saturated carbocycles. The fourth-order valence-corrected chi connectivity index (χ4v) is 1.61. The first-order chi connectivity index (χ1) is 7.75. The average Bonchev–Trinajstić information content (AvgIpc) is 3.11. The van der Waals surface area contributed by atoms with Crippen LogP contribution < -0.4 is 10.6 Å². The van der Waals surface area contributed by atoms with Gasteiger partial charge in [-0.2, -0.15) is 0 Å². The Hall–Kier alpha value is -1.51. The average molecular weight is 218 g/mol. The maximum atomic E-state index is 11.4. The van der Waals surface area contributed by atoms with E-state index in [1.54, 1.807) is 0 Å². The molecule has 0 saturated heterocycles. The molecular formula is C13H18N2O. The number of benzene rings is 1. The van der Waals surface area contributed by atoms with Crippen molar-refractivity contribution in [2.24, 2.45) is 0 Å². The first kappa shape index (κ1) is 11.0. The van der Waals surface area contributed by atoms with Crippen molar-refractivity contribution in [2.45, 2.75) is 31.7 Å². The second kappa shape index (κ2) is 5.01. The smallest absolute Gasteiger partial charge is 0.315 e. The van der Waals surface area contributed by atoms with E-state index in [0.29, 0.717) is 18.5 Å². The first-order valence-corrected chi connectivity index (χ1v) is 5.85. The van der Waals surface area contributed by atoms with Gasteiger partial charge < -0.3 is 10.6 Å². The van der Waals surface area contributed by atoms with Crippen LogP contribution in [0, 0.1) is 0 Å². The summed E-state index contributed by atoms with van der Waals surface area (Å²) in [6, 6.07) is 10.6. The van der Waals surface area contributed by atoms with Crippen molar-refractivity contribution >= 4 is 6.03 Å². The Labute approximate surface area is 96.2 Å². The number of hydrogen-bond acceptors (Lipinski definition) is 1. The van der Waals surface area contributed by atoms with E-state index in [1.807, 2.05) is 18.2 Å². The number of carbonyl (C=O) groups is 1. The molecule has 0 spiro atoms. The van der Waals surface area contributed by atoms with Gasteiger partial charge in [-0.1, -0.05) is 37.3 Å². The Bertz CT molecular complexity index is 346. The van der Waals surface area contributed by atoms with Gasteiger partial charge in [-0.25, -0.2) is 4.79 Å². The number of carbonyl (C=O) groups excluding carboxylic acids is 1. The quantitative estimate of drug-likeness (QED) is 0.799. The van der Waals surface area contributed by atoms with Gasteiger partial charge in [0.2, 0.25) is 0 Å². The lowest BCUT2D eigenvalue weighted by Gasteiger charge is -2.13. The Kier molecular flexibility index (Phi) is 3.44. The van der Waals surface area contributed by atoms with Crippen molar-refractivity contribution in [3.05, 3.63) is 35.9 Å². The minimum atomic E-state index is -0.0368. The van der Waals surface area contributed by atoms with E-state index < -0.39 is 0 Å². The molecule has 0 radical (unpaired) electrons. The van der Waals surface area contributed by atoms with Crippen LogP contribution in [0.25, 0.3) is 0 Å². The van der Waals surface area contributed by atoms with Gasteiger partial charge in [0.15, 0.2) is 0 Å². The summed E-state index contributed by atoms with van der Waals surface area (Å²) >= 11 is 0. The van der Waals surface area contributed by atoms with E-state index >= 15 is 0 Å². The molecule has 0 aliphatic heterocycles. The molecule has 0 aromatic heterocycles. The Morgan fingerprint density at radius 2 is 2.06 bits per heavy atom. The van der Waals surface area contributed by atoms with Crippen LogP contribution in [0.5, 0.6) is 0 Å². The number of nitrogens with one attached hydrogen (secondary N) is 2. The van der Waals surface area contributed by atoms with E-state index in [1.165, 1.54) is 5.56 Å². The molecule has 1 aromatic carbocycles. The highest BCUT2D eigenvalue weighted by Gasteiger charge is 2.23. The Balaban J connectivity index is 1.74. The van der Waals surface area contributed by atoms with E-state index in [9.17, 15) is 4.79 Å². The molecule has 2 N–H and O–H groups in total. The Morgan fingerprint density at radius 1 is 1.38 bits per heavy atom. The highest BCUT2D eigenvalue weighted by Crippen LogP contribution is 2.18. The summed E-state index contributed by atoms with van der Waals surface area (Å²) in [7, 11) is 0. The fraction of sp³-hybridized carbons (Fsp3) is 0.462.